The highest BCUT2D eigenvalue weighted by molar-refractivity contribution is 5.42. The molecule has 182 valence electrons. The minimum Gasteiger partial charge on any atom is -0.0985 e. The maximum atomic E-state index is 4.15. The molecule has 0 aromatic carbocycles. The fraction of sp³-hybridized carbons (Fsp3) is 0.688. The Morgan fingerprint density at radius 2 is 1.69 bits per heavy atom. The van der Waals surface area contributed by atoms with E-state index in [1.54, 1.807) is 5.57 Å². The first-order valence-electron chi connectivity index (χ1n) is 13.5. The van der Waals surface area contributed by atoms with Crippen LogP contribution in [0.2, 0.25) is 0 Å². The van der Waals surface area contributed by atoms with E-state index in [9.17, 15) is 0 Å². The smallest absolute Gasteiger partial charge is 0.0132 e. The molecule has 0 saturated carbocycles. The summed E-state index contributed by atoms with van der Waals surface area (Å²) in [5, 5.41) is 0. The van der Waals surface area contributed by atoms with Crippen molar-refractivity contribution < 1.29 is 0 Å². The van der Waals surface area contributed by atoms with Crippen molar-refractivity contribution in [2.45, 2.75) is 126 Å². The van der Waals surface area contributed by atoms with Gasteiger partial charge in [0.05, 0.1) is 0 Å². The molecule has 0 aromatic rings. The third kappa shape index (κ3) is 10.5. The van der Waals surface area contributed by atoms with Crippen molar-refractivity contribution in [1.29, 1.82) is 0 Å². The summed E-state index contributed by atoms with van der Waals surface area (Å²) in [6, 6.07) is 0. The van der Waals surface area contributed by atoms with E-state index in [1.807, 2.05) is 0 Å². The van der Waals surface area contributed by atoms with Crippen molar-refractivity contribution in [3.8, 4) is 0 Å². The molecule has 2 atom stereocenters. The van der Waals surface area contributed by atoms with Crippen LogP contribution in [0.3, 0.4) is 0 Å². The van der Waals surface area contributed by atoms with Gasteiger partial charge in [0.25, 0.3) is 0 Å². The van der Waals surface area contributed by atoms with Gasteiger partial charge in [0.1, 0.15) is 0 Å². The number of hydrogen-bond donors (Lipinski definition) is 0. The van der Waals surface area contributed by atoms with Crippen LogP contribution in [0, 0.1) is 17.3 Å². The average molecular weight is 439 g/mol. The van der Waals surface area contributed by atoms with Gasteiger partial charge in [-0.3, -0.25) is 0 Å². The summed E-state index contributed by atoms with van der Waals surface area (Å²) < 4.78 is 0. The number of hydrogen-bond acceptors (Lipinski definition) is 0. The van der Waals surface area contributed by atoms with Crippen LogP contribution in [0.1, 0.15) is 126 Å². The van der Waals surface area contributed by atoms with Crippen LogP contribution in [0.25, 0.3) is 0 Å². The Kier molecular flexibility index (Phi) is 13.9. The van der Waals surface area contributed by atoms with Gasteiger partial charge in [-0.15, -0.1) is 0 Å². The zero-order chi connectivity index (χ0) is 24.0. The van der Waals surface area contributed by atoms with Crippen molar-refractivity contribution >= 4 is 0 Å². The molecule has 0 aliphatic heterocycles. The Labute approximate surface area is 202 Å². The van der Waals surface area contributed by atoms with Gasteiger partial charge in [0, 0.05) is 0 Å². The van der Waals surface area contributed by atoms with E-state index < -0.39 is 0 Å². The second kappa shape index (κ2) is 15.5. The lowest BCUT2D eigenvalue weighted by molar-refractivity contribution is 0.203. The van der Waals surface area contributed by atoms with Gasteiger partial charge < -0.3 is 0 Å². The van der Waals surface area contributed by atoms with Gasteiger partial charge >= 0.3 is 0 Å². The van der Waals surface area contributed by atoms with E-state index in [1.165, 1.54) is 87.3 Å². The van der Waals surface area contributed by atoms with Gasteiger partial charge in [-0.25, -0.2) is 0 Å². The van der Waals surface area contributed by atoms with Crippen molar-refractivity contribution in [1.82, 2.24) is 0 Å². The van der Waals surface area contributed by atoms with E-state index in [0.717, 1.165) is 18.3 Å². The molecule has 1 aliphatic rings. The molecule has 0 heterocycles. The Hall–Kier alpha value is -1.30. The monoisotopic (exact) mass is 438 g/mol. The van der Waals surface area contributed by atoms with Gasteiger partial charge in [-0.1, -0.05) is 95.1 Å². The topological polar surface area (TPSA) is 0 Å². The highest BCUT2D eigenvalue weighted by Crippen LogP contribution is 2.37. The second-order valence-corrected chi connectivity index (χ2v) is 11.0. The summed E-state index contributed by atoms with van der Waals surface area (Å²) in [4.78, 5) is 0. The Balaban J connectivity index is 3.08. The van der Waals surface area contributed by atoms with Crippen LogP contribution >= 0.6 is 0 Å². The minimum atomic E-state index is 0.430. The summed E-state index contributed by atoms with van der Waals surface area (Å²) in [5.41, 5.74) is 6.44. The summed E-state index contributed by atoms with van der Waals surface area (Å²) >= 11 is 0. The molecule has 0 amide bonds. The molecule has 32 heavy (non-hydrogen) atoms. The van der Waals surface area contributed by atoms with Crippen LogP contribution in [0.15, 0.2) is 59.3 Å². The summed E-state index contributed by atoms with van der Waals surface area (Å²) in [5.74, 6) is 1.54. The van der Waals surface area contributed by atoms with Gasteiger partial charge in [0.2, 0.25) is 0 Å². The first-order chi connectivity index (χ1) is 15.3. The molecule has 0 nitrogen and oxygen atoms in total. The van der Waals surface area contributed by atoms with Crippen LogP contribution in [-0.4, -0.2) is 0 Å². The molecular weight excluding hydrogens is 384 g/mol. The summed E-state index contributed by atoms with van der Waals surface area (Å²) in [6.07, 6.45) is 27.0. The highest BCUT2D eigenvalue weighted by atomic mass is 14.3. The molecule has 0 N–H and O–H groups in total. The van der Waals surface area contributed by atoms with Crippen molar-refractivity contribution in [2.24, 2.45) is 17.3 Å². The first-order valence-corrected chi connectivity index (χ1v) is 13.5. The van der Waals surface area contributed by atoms with E-state index >= 15 is 0 Å². The predicted molar refractivity (Wildman–Crippen MR) is 147 cm³/mol. The Morgan fingerprint density at radius 1 is 1.00 bits per heavy atom. The number of rotatable bonds is 4. The molecular formula is C32H54. The Morgan fingerprint density at radius 3 is 2.28 bits per heavy atom. The lowest BCUT2D eigenvalue weighted by Crippen LogP contribution is -2.21. The lowest BCUT2D eigenvalue weighted by atomic mass is 9.73. The van der Waals surface area contributed by atoms with Gasteiger partial charge in [-0.2, -0.15) is 0 Å². The molecule has 2 unspecified atom stereocenters. The molecule has 0 heteroatoms. The molecule has 0 bridgehead atoms. The lowest BCUT2D eigenvalue weighted by Gasteiger charge is -2.32. The van der Waals surface area contributed by atoms with Gasteiger partial charge in [0.15, 0.2) is 0 Å². The second-order valence-electron chi connectivity index (χ2n) is 11.0. The van der Waals surface area contributed by atoms with Crippen molar-refractivity contribution in [3.05, 3.63) is 59.3 Å². The fourth-order valence-corrected chi connectivity index (χ4v) is 5.11. The molecule has 0 spiro atoms. The minimum absolute atomic E-state index is 0.430. The van der Waals surface area contributed by atoms with Crippen molar-refractivity contribution in [3.63, 3.8) is 0 Å². The predicted octanol–water partition coefficient (Wildman–Crippen LogP) is 10.9. The maximum Gasteiger partial charge on any atom is -0.0132 e. The quantitative estimate of drug-likeness (QED) is 0.383. The van der Waals surface area contributed by atoms with Gasteiger partial charge in [-0.05, 0) is 107 Å². The molecule has 0 radical (unpaired) electrons. The van der Waals surface area contributed by atoms with Crippen LogP contribution in [-0.2, 0) is 0 Å². The van der Waals surface area contributed by atoms with Crippen molar-refractivity contribution in [2.75, 3.05) is 0 Å². The average Bonchev–Trinajstić information content (AvgIpc) is 2.78. The van der Waals surface area contributed by atoms with Crippen LogP contribution in [0.5, 0.6) is 0 Å². The zero-order valence-electron chi connectivity index (χ0n) is 22.7. The standard InChI is InChI=1S/C32H54/c1-9-28-20-15-13-14-16-21-29(10-2)31(11-3)27(6)19-17-18-22-30(26(5)23-24-28)25-32(7,8)12-4/h9-11,17-18,26,30H,3,12-16,19-25H2,1-2,4-8H3. The third-order valence-corrected chi connectivity index (χ3v) is 7.99. The summed E-state index contributed by atoms with van der Waals surface area (Å²) in [7, 11) is 0. The van der Waals surface area contributed by atoms with E-state index in [-0.39, 0.29) is 0 Å². The molecule has 0 saturated heterocycles. The fourth-order valence-electron chi connectivity index (χ4n) is 5.11. The van der Waals surface area contributed by atoms with Crippen LogP contribution < -0.4 is 0 Å². The third-order valence-electron chi connectivity index (χ3n) is 7.99. The largest absolute Gasteiger partial charge is 0.0985 e. The maximum absolute atomic E-state index is 4.15. The molecule has 1 rings (SSSR count). The van der Waals surface area contributed by atoms with E-state index in [0.29, 0.717) is 5.41 Å². The zero-order valence-corrected chi connectivity index (χ0v) is 22.7. The molecule has 0 fully saturated rings. The summed E-state index contributed by atoms with van der Waals surface area (Å²) in [6.45, 7) is 20.6. The SMILES string of the molecule is C=CC1=C(C)CC=CCC(CC(C)(C)CC)C(C)CCC(=CC)CCCCCCC1=CC. The normalized spacial score (nSPS) is 26.2. The highest BCUT2D eigenvalue weighted by Gasteiger charge is 2.25. The first kappa shape index (κ1) is 28.7. The Bertz CT molecular complexity index is 664. The van der Waals surface area contributed by atoms with Crippen LogP contribution in [0.4, 0.5) is 0 Å². The molecule has 0 aromatic heterocycles. The van der Waals surface area contributed by atoms with E-state index in [4.69, 9.17) is 0 Å². The number of allylic oxidation sites excluding steroid dienone is 9. The molecule has 1 aliphatic carbocycles. The van der Waals surface area contributed by atoms with E-state index in [2.05, 4.69) is 85.4 Å².